The first-order chi connectivity index (χ1) is 5.02. The molecule has 0 amide bonds. The SMILES string of the molecule is NC(CCC(=O)O)CC(F)F. The van der Waals surface area contributed by atoms with Crippen molar-refractivity contribution in [2.24, 2.45) is 5.73 Å². The molecular weight excluding hydrogens is 156 g/mol. The molecule has 0 fully saturated rings. The largest absolute Gasteiger partial charge is 0.481 e. The van der Waals surface area contributed by atoms with Gasteiger partial charge >= 0.3 is 5.97 Å². The summed E-state index contributed by atoms with van der Waals surface area (Å²) in [5.41, 5.74) is 5.18. The summed E-state index contributed by atoms with van der Waals surface area (Å²) in [4.78, 5) is 9.95. The lowest BCUT2D eigenvalue weighted by Gasteiger charge is -2.07. The maximum atomic E-state index is 11.6. The first kappa shape index (κ1) is 10.3. The maximum Gasteiger partial charge on any atom is 0.303 e. The highest BCUT2D eigenvalue weighted by Gasteiger charge is 2.11. The summed E-state index contributed by atoms with van der Waals surface area (Å²) in [5, 5.41) is 8.15. The molecule has 0 aliphatic carbocycles. The molecule has 0 heterocycles. The molecule has 0 aliphatic rings. The van der Waals surface area contributed by atoms with Crippen molar-refractivity contribution in [3.8, 4) is 0 Å². The average Bonchev–Trinajstić information content (AvgIpc) is 1.82. The van der Waals surface area contributed by atoms with Crippen molar-refractivity contribution in [1.82, 2.24) is 0 Å². The first-order valence-corrected chi connectivity index (χ1v) is 3.28. The minimum atomic E-state index is -2.45. The lowest BCUT2D eigenvalue weighted by atomic mass is 10.1. The Morgan fingerprint density at radius 3 is 2.45 bits per heavy atom. The standard InChI is InChI=1S/C6H11F2NO2/c7-5(8)3-4(9)1-2-6(10)11/h4-5H,1-3,9H2,(H,10,11). The summed E-state index contributed by atoms with van der Waals surface area (Å²) < 4.78 is 23.2. The molecule has 0 radical (unpaired) electrons. The Kier molecular flexibility index (Phi) is 4.69. The van der Waals surface area contributed by atoms with Crippen LogP contribution in [0.3, 0.4) is 0 Å². The van der Waals surface area contributed by atoms with Gasteiger partial charge in [-0.25, -0.2) is 8.78 Å². The van der Waals surface area contributed by atoms with Gasteiger partial charge in [0.2, 0.25) is 6.43 Å². The van der Waals surface area contributed by atoms with E-state index in [4.69, 9.17) is 10.8 Å². The molecule has 0 aromatic rings. The van der Waals surface area contributed by atoms with Gasteiger partial charge in [0.15, 0.2) is 0 Å². The molecule has 0 aromatic carbocycles. The van der Waals surface area contributed by atoms with Gasteiger partial charge in [-0.05, 0) is 6.42 Å². The molecule has 5 heteroatoms. The van der Waals surface area contributed by atoms with Gasteiger partial charge in [0.25, 0.3) is 0 Å². The van der Waals surface area contributed by atoms with E-state index in [9.17, 15) is 13.6 Å². The fraction of sp³-hybridized carbons (Fsp3) is 0.833. The van der Waals surface area contributed by atoms with E-state index in [1.54, 1.807) is 0 Å². The summed E-state index contributed by atoms with van der Waals surface area (Å²) in [6.45, 7) is 0. The highest BCUT2D eigenvalue weighted by molar-refractivity contribution is 5.66. The molecule has 0 spiro atoms. The van der Waals surface area contributed by atoms with Gasteiger partial charge in [-0.3, -0.25) is 4.79 Å². The number of aliphatic carboxylic acids is 1. The quantitative estimate of drug-likeness (QED) is 0.637. The van der Waals surface area contributed by atoms with Gasteiger partial charge in [-0.2, -0.15) is 0 Å². The number of carboxylic acids is 1. The molecule has 66 valence electrons. The van der Waals surface area contributed by atoms with Crippen molar-refractivity contribution in [1.29, 1.82) is 0 Å². The van der Waals surface area contributed by atoms with E-state index in [0.29, 0.717) is 0 Å². The summed E-state index contributed by atoms with van der Waals surface area (Å²) in [7, 11) is 0. The Labute approximate surface area is 63.2 Å². The Bertz CT molecular complexity index is 130. The van der Waals surface area contributed by atoms with Gasteiger partial charge in [0.05, 0.1) is 0 Å². The van der Waals surface area contributed by atoms with Crippen molar-refractivity contribution in [2.45, 2.75) is 31.7 Å². The first-order valence-electron chi connectivity index (χ1n) is 3.28. The van der Waals surface area contributed by atoms with E-state index in [-0.39, 0.29) is 12.8 Å². The van der Waals surface area contributed by atoms with Crippen LogP contribution in [0.5, 0.6) is 0 Å². The Morgan fingerprint density at radius 2 is 2.09 bits per heavy atom. The van der Waals surface area contributed by atoms with Crippen molar-refractivity contribution >= 4 is 5.97 Å². The number of alkyl halides is 2. The molecular formula is C6H11F2NO2. The number of hydrogen-bond donors (Lipinski definition) is 2. The lowest BCUT2D eigenvalue weighted by molar-refractivity contribution is -0.137. The third-order valence-electron chi connectivity index (χ3n) is 1.21. The van der Waals surface area contributed by atoms with Crippen molar-refractivity contribution in [3.63, 3.8) is 0 Å². The summed E-state index contributed by atoms with van der Waals surface area (Å²) >= 11 is 0. The third-order valence-corrected chi connectivity index (χ3v) is 1.21. The topological polar surface area (TPSA) is 63.3 Å². The highest BCUT2D eigenvalue weighted by Crippen LogP contribution is 2.06. The second kappa shape index (κ2) is 5.01. The van der Waals surface area contributed by atoms with Gasteiger partial charge < -0.3 is 10.8 Å². The van der Waals surface area contributed by atoms with E-state index in [1.165, 1.54) is 0 Å². The predicted molar refractivity (Wildman–Crippen MR) is 35.5 cm³/mol. The molecule has 0 bridgehead atoms. The fourth-order valence-electron chi connectivity index (χ4n) is 0.656. The second-order valence-corrected chi connectivity index (χ2v) is 2.32. The number of rotatable bonds is 5. The van der Waals surface area contributed by atoms with Crippen LogP contribution in [0.1, 0.15) is 19.3 Å². The van der Waals surface area contributed by atoms with E-state index in [1.807, 2.05) is 0 Å². The predicted octanol–water partition coefficient (Wildman–Crippen LogP) is 0.834. The van der Waals surface area contributed by atoms with Gasteiger partial charge in [0.1, 0.15) is 0 Å². The molecule has 0 saturated heterocycles. The van der Waals surface area contributed by atoms with Gasteiger partial charge in [-0.1, -0.05) is 0 Å². The van der Waals surface area contributed by atoms with Crippen LogP contribution in [-0.4, -0.2) is 23.5 Å². The van der Waals surface area contributed by atoms with Crippen LogP contribution < -0.4 is 5.73 Å². The second-order valence-electron chi connectivity index (χ2n) is 2.32. The van der Waals surface area contributed by atoms with Crippen LogP contribution in [0.4, 0.5) is 8.78 Å². The normalized spacial score (nSPS) is 13.5. The third kappa shape index (κ3) is 7.18. The van der Waals surface area contributed by atoms with E-state index in [2.05, 4.69) is 0 Å². The lowest BCUT2D eigenvalue weighted by Crippen LogP contribution is -2.23. The molecule has 1 unspecified atom stereocenters. The maximum absolute atomic E-state index is 11.6. The van der Waals surface area contributed by atoms with Crippen molar-refractivity contribution in [3.05, 3.63) is 0 Å². The number of carboxylic acid groups (broad SMARTS) is 1. The van der Waals surface area contributed by atoms with Gasteiger partial charge in [-0.15, -0.1) is 0 Å². The fourth-order valence-corrected chi connectivity index (χ4v) is 0.656. The number of nitrogens with two attached hydrogens (primary N) is 1. The van der Waals surface area contributed by atoms with E-state index < -0.39 is 24.9 Å². The molecule has 3 N–H and O–H groups in total. The zero-order valence-corrected chi connectivity index (χ0v) is 5.96. The molecule has 3 nitrogen and oxygen atoms in total. The monoisotopic (exact) mass is 167 g/mol. The minimum Gasteiger partial charge on any atom is -0.481 e. The zero-order valence-electron chi connectivity index (χ0n) is 5.96. The van der Waals surface area contributed by atoms with Crippen molar-refractivity contribution < 1.29 is 18.7 Å². The van der Waals surface area contributed by atoms with E-state index >= 15 is 0 Å². The number of hydrogen-bond acceptors (Lipinski definition) is 2. The van der Waals surface area contributed by atoms with Crippen LogP contribution >= 0.6 is 0 Å². The van der Waals surface area contributed by atoms with Crippen molar-refractivity contribution in [2.75, 3.05) is 0 Å². The van der Waals surface area contributed by atoms with Crippen LogP contribution in [0, 0.1) is 0 Å². The minimum absolute atomic E-state index is 0.111. The Morgan fingerprint density at radius 1 is 1.55 bits per heavy atom. The number of carbonyl (C=O) groups is 1. The summed E-state index contributed by atoms with van der Waals surface area (Å²) in [6.07, 6.45) is -2.90. The van der Waals surface area contributed by atoms with Crippen LogP contribution in [0.2, 0.25) is 0 Å². The molecule has 1 atom stereocenters. The highest BCUT2D eigenvalue weighted by atomic mass is 19.3. The molecule has 0 aromatic heterocycles. The number of halogens is 2. The average molecular weight is 167 g/mol. The van der Waals surface area contributed by atoms with Crippen LogP contribution in [0.25, 0.3) is 0 Å². The zero-order chi connectivity index (χ0) is 8.85. The van der Waals surface area contributed by atoms with Crippen LogP contribution in [-0.2, 0) is 4.79 Å². The van der Waals surface area contributed by atoms with E-state index in [0.717, 1.165) is 0 Å². The summed E-state index contributed by atoms with van der Waals surface area (Å²) in [5.74, 6) is -1.00. The molecule has 0 aliphatic heterocycles. The Balaban J connectivity index is 3.37. The Hall–Kier alpha value is -0.710. The molecule has 11 heavy (non-hydrogen) atoms. The van der Waals surface area contributed by atoms with Crippen LogP contribution in [0.15, 0.2) is 0 Å². The molecule has 0 saturated carbocycles. The summed E-state index contributed by atoms with van der Waals surface area (Å²) in [6, 6.07) is -0.703. The molecule has 0 rings (SSSR count). The smallest absolute Gasteiger partial charge is 0.303 e. The van der Waals surface area contributed by atoms with Gasteiger partial charge in [0, 0.05) is 18.9 Å².